The van der Waals surface area contributed by atoms with Crippen LogP contribution in [0.2, 0.25) is 0 Å². The first-order chi connectivity index (χ1) is 8.60. The van der Waals surface area contributed by atoms with E-state index in [0.717, 1.165) is 0 Å². The van der Waals surface area contributed by atoms with Gasteiger partial charge in [-0.1, -0.05) is 6.08 Å². The van der Waals surface area contributed by atoms with Crippen molar-refractivity contribution in [2.45, 2.75) is 45.3 Å². The molecule has 0 aliphatic carbocycles. The van der Waals surface area contributed by atoms with E-state index in [1.165, 1.54) is 6.08 Å². The van der Waals surface area contributed by atoms with Crippen LogP contribution in [0.5, 0.6) is 0 Å². The Labute approximate surface area is 115 Å². The minimum absolute atomic E-state index is 0.0796. The molecule has 0 atom stereocenters. The monoisotopic (exact) mass is 289 g/mol. The van der Waals surface area contributed by atoms with Gasteiger partial charge in [0.15, 0.2) is 15.6 Å². The van der Waals surface area contributed by atoms with Gasteiger partial charge in [0.2, 0.25) is 5.91 Å². The Morgan fingerprint density at radius 3 is 2.21 bits per heavy atom. The van der Waals surface area contributed by atoms with Crippen molar-refractivity contribution in [3.8, 4) is 0 Å². The lowest BCUT2D eigenvalue weighted by Crippen LogP contribution is -2.36. The highest BCUT2D eigenvalue weighted by Crippen LogP contribution is 2.15. The molecule has 0 aromatic heterocycles. The molecule has 0 aliphatic heterocycles. The van der Waals surface area contributed by atoms with Crippen molar-refractivity contribution in [2.75, 3.05) is 12.3 Å². The number of sulfone groups is 1. The van der Waals surface area contributed by atoms with Gasteiger partial charge in [-0.3, -0.25) is 9.59 Å². The van der Waals surface area contributed by atoms with Crippen LogP contribution >= 0.6 is 0 Å². The van der Waals surface area contributed by atoms with E-state index >= 15 is 0 Å². The normalized spacial score (nSPS) is 12.6. The number of hydrogen-bond donors (Lipinski definition) is 1. The summed E-state index contributed by atoms with van der Waals surface area (Å²) in [6.45, 7) is 6.69. The second-order valence-electron chi connectivity index (χ2n) is 5.25. The van der Waals surface area contributed by atoms with Gasteiger partial charge in [-0.2, -0.15) is 0 Å². The van der Waals surface area contributed by atoms with Crippen molar-refractivity contribution < 1.29 is 18.0 Å². The molecule has 0 spiro atoms. The number of amides is 1. The molecule has 1 N–H and O–H groups in total. The third kappa shape index (κ3) is 7.10. The first kappa shape index (κ1) is 17.8. The van der Waals surface area contributed by atoms with Crippen molar-refractivity contribution in [3.05, 3.63) is 12.2 Å². The second-order valence-corrected chi connectivity index (χ2v) is 8.11. The molecule has 6 heteroatoms. The maximum Gasteiger partial charge on any atom is 0.220 e. The molecular weight excluding hydrogens is 266 g/mol. The predicted octanol–water partition coefficient (Wildman–Crippen LogP) is 1.24. The number of carbonyl (C=O) groups excluding carboxylic acids is 2. The molecule has 110 valence electrons. The molecule has 0 heterocycles. The lowest BCUT2D eigenvalue weighted by Gasteiger charge is -2.19. The fourth-order valence-corrected chi connectivity index (χ4v) is 2.21. The topological polar surface area (TPSA) is 80.3 Å². The standard InChI is InChI=1S/C13H23NO4S/c1-5-6-11(15)7-8-12(16)14-9-10-19(17,18)13(2,3)4/h5-6H,7-10H2,1-4H3,(H,14,16)/b6-5+. The molecule has 0 aromatic rings. The largest absolute Gasteiger partial charge is 0.355 e. The van der Waals surface area contributed by atoms with Crippen molar-refractivity contribution in [1.82, 2.24) is 5.32 Å². The van der Waals surface area contributed by atoms with Crippen LogP contribution in [0.25, 0.3) is 0 Å². The highest BCUT2D eigenvalue weighted by atomic mass is 32.2. The van der Waals surface area contributed by atoms with Crippen LogP contribution in [0.1, 0.15) is 40.5 Å². The molecular formula is C13H23NO4S. The minimum Gasteiger partial charge on any atom is -0.355 e. The molecule has 0 saturated carbocycles. The molecule has 0 bridgehead atoms. The van der Waals surface area contributed by atoms with Crippen LogP contribution in [0.3, 0.4) is 0 Å². The summed E-state index contributed by atoms with van der Waals surface area (Å²) in [4.78, 5) is 22.6. The van der Waals surface area contributed by atoms with Crippen LogP contribution in [0, 0.1) is 0 Å². The number of nitrogens with one attached hydrogen (secondary N) is 1. The van der Waals surface area contributed by atoms with E-state index in [1.807, 2.05) is 0 Å². The zero-order valence-corrected chi connectivity index (χ0v) is 12.8. The number of hydrogen-bond acceptors (Lipinski definition) is 4. The van der Waals surface area contributed by atoms with Gasteiger partial charge in [-0.25, -0.2) is 8.42 Å². The molecule has 0 radical (unpaired) electrons. The van der Waals surface area contributed by atoms with E-state index in [2.05, 4.69) is 5.32 Å². The van der Waals surface area contributed by atoms with Gasteiger partial charge in [0.05, 0.1) is 10.5 Å². The average Bonchev–Trinajstić information content (AvgIpc) is 2.25. The summed E-state index contributed by atoms with van der Waals surface area (Å²) in [6, 6.07) is 0. The molecule has 5 nitrogen and oxygen atoms in total. The Morgan fingerprint density at radius 1 is 1.16 bits per heavy atom. The van der Waals surface area contributed by atoms with Gasteiger partial charge in [-0.15, -0.1) is 0 Å². The third-order valence-corrected chi connectivity index (χ3v) is 5.18. The number of ketones is 1. The zero-order chi connectivity index (χ0) is 15.1. The lowest BCUT2D eigenvalue weighted by atomic mass is 10.2. The summed E-state index contributed by atoms with van der Waals surface area (Å²) in [5.74, 6) is -0.507. The van der Waals surface area contributed by atoms with E-state index in [9.17, 15) is 18.0 Å². The molecule has 1 amide bonds. The van der Waals surface area contributed by atoms with E-state index in [1.54, 1.807) is 33.8 Å². The highest BCUT2D eigenvalue weighted by Gasteiger charge is 2.28. The Balaban J connectivity index is 4.04. The molecule has 0 unspecified atom stereocenters. The molecule has 0 aliphatic rings. The van der Waals surface area contributed by atoms with Crippen LogP contribution in [0.4, 0.5) is 0 Å². The number of carbonyl (C=O) groups is 2. The van der Waals surface area contributed by atoms with Crippen molar-refractivity contribution in [3.63, 3.8) is 0 Å². The zero-order valence-electron chi connectivity index (χ0n) is 12.0. The maximum atomic E-state index is 11.8. The fraction of sp³-hybridized carbons (Fsp3) is 0.692. The Morgan fingerprint density at radius 2 is 1.74 bits per heavy atom. The van der Waals surface area contributed by atoms with Gasteiger partial charge in [0.1, 0.15) is 0 Å². The number of allylic oxidation sites excluding steroid dienone is 2. The molecule has 0 rings (SSSR count). The summed E-state index contributed by atoms with van der Waals surface area (Å²) in [5.41, 5.74) is 0. The summed E-state index contributed by atoms with van der Waals surface area (Å²) in [6.07, 6.45) is 3.26. The highest BCUT2D eigenvalue weighted by molar-refractivity contribution is 7.92. The first-order valence-electron chi connectivity index (χ1n) is 6.24. The van der Waals surface area contributed by atoms with E-state index < -0.39 is 14.6 Å². The van der Waals surface area contributed by atoms with Crippen LogP contribution in [-0.2, 0) is 19.4 Å². The van der Waals surface area contributed by atoms with Crippen molar-refractivity contribution >= 4 is 21.5 Å². The molecule has 0 aromatic carbocycles. The molecule has 0 saturated heterocycles. The lowest BCUT2D eigenvalue weighted by molar-refractivity contribution is -0.123. The fourth-order valence-electron chi connectivity index (χ4n) is 1.23. The van der Waals surface area contributed by atoms with Gasteiger partial charge in [-0.05, 0) is 33.8 Å². The predicted molar refractivity (Wildman–Crippen MR) is 75.6 cm³/mol. The second kappa shape index (κ2) is 7.43. The minimum atomic E-state index is -3.23. The van der Waals surface area contributed by atoms with E-state index in [4.69, 9.17) is 0 Å². The van der Waals surface area contributed by atoms with E-state index in [-0.39, 0.29) is 36.8 Å². The number of rotatable bonds is 7. The Kier molecular flexibility index (Phi) is 6.97. The van der Waals surface area contributed by atoms with Gasteiger partial charge in [0.25, 0.3) is 0 Å². The maximum absolute atomic E-state index is 11.8. The van der Waals surface area contributed by atoms with Gasteiger partial charge >= 0.3 is 0 Å². The third-order valence-electron chi connectivity index (χ3n) is 2.58. The van der Waals surface area contributed by atoms with Gasteiger partial charge in [0, 0.05) is 19.4 Å². The van der Waals surface area contributed by atoms with Crippen molar-refractivity contribution in [2.24, 2.45) is 0 Å². The quantitative estimate of drug-likeness (QED) is 0.715. The van der Waals surface area contributed by atoms with E-state index in [0.29, 0.717) is 0 Å². The smallest absolute Gasteiger partial charge is 0.220 e. The average molecular weight is 289 g/mol. The summed E-state index contributed by atoms with van der Waals surface area (Å²) in [5, 5.41) is 2.51. The van der Waals surface area contributed by atoms with Gasteiger partial charge < -0.3 is 5.32 Å². The Bertz CT molecular complexity index is 444. The summed E-state index contributed by atoms with van der Waals surface area (Å²) >= 11 is 0. The van der Waals surface area contributed by atoms with Crippen LogP contribution in [0.15, 0.2) is 12.2 Å². The Hall–Kier alpha value is -1.17. The molecule has 0 fully saturated rings. The molecule has 19 heavy (non-hydrogen) atoms. The first-order valence-corrected chi connectivity index (χ1v) is 7.90. The van der Waals surface area contributed by atoms with Crippen molar-refractivity contribution in [1.29, 1.82) is 0 Å². The SMILES string of the molecule is C/C=C/C(=O)CCC(=O)NCCS(=O)(=O)C(C)(C)C. The summed E-state index contributed by atoms with van der Waals surface area (Å²) in [7, 11) is -3.23. The van der Waals surface area contributed by atoms with Crippen LogP contribution in [-0.4, -0.2) is 37.2 Å². The summed E-state index contributed by atoms with van der Waals surface area (Å²) < 4.78 is 22.7. The van der Waals surface area contributed by atoms with Crippen LogP contribution < -0.4 is 5.32 Å².